The van der Waals surface area contributed by atoms with Crippen LogP contribution in [0.4, 0.5) is 10.3 Å². The minimum atomic E-state index is -4.40. The fourth-order valence-corrected chi connectivity index (χ4v) is 3.74. The van der Waals surface area contributed by atoms with Gasteiger partial charge in [0.05, 0.1) is 20.0 Å². The molecule has 0 aliphatic heterocycles. The first-order chi connectivity index (χ1) is 13.8. The van der Waals surface area contributed by atoms with Crippen molar-refractivity contribution in [3.63, 3.8) is 0 Å². The van der Waals surface area contributed by atoms with Gasteiger partial charge in [-0.2, -0.15) is 4.98 Å². The van der Waals surface area contributed by atoms with Gasteiger partial charge in [-0.05, 0) is 24.3 Å². The molecule has 0 aliphatic carbocycles. The molecule has 0 saturated carbocycles. The van der Waals surface area contributed by atoms with Gasteiger partial charge in [-0.25, -0.2) is 14.4 Å². The van der Waals surface area contributed by atoms with E-state index in [4.69, 9.17) is 25.0 Å². The van der Waals surface area contributed by atoms with Gasteiger partial charge < -0.3 is 29.6 Å². The molecule has 0 saturated heterocycles. The summed E-state index contributed by atoms with van der Waals surface area (Å²) < 4.78 is 35.8. The molecular formula is C16H19FN5O5PS. The molecule has 2 heterocycles. The van der Waals surface area contributed by atoms with Crippen LogP contribution in [0, 0.1) is 0 Å². The van der Waals surface area contributed by atoms with Gasteiger partial charge in [0.1, 0.15) is 35.4 Å². The Morgan fingerprint density at radius 1 is 1.31 bits per heavy atom. The average Bonchev–Trinajstić information content (AvgIpc) is 3.07. The first-order valence-corrected chi connectivity index (χ1v) is 10.9. The zero-order valence-electron chi connectivity index (χ0n) is 15.3. The van der Waals surface area contributed by atoms with Gasteiger partial charge in [0, 0.05) is 4.90 Å². The van der Waals surface area contributed by atoms with Crippen molar-refractivity contribution in [1.29, 1.82) is 0 Å². The molecule has 3 rings (SSSR count). The number of rotatable bonds is 9. The molecule has 0 fully saturated rings. The second kappa shape index (κ2) is 9.06. The molecule has 1 unspecified atom stereocenters. The maximum atomic E-state index is 13.2. The van der Waals surface area contributed by atoms with Crippen molar-refractivity contribution in [2.24, 2.45) is 0 Å². The van der Waals surface area contributed by atoms with Crippen molar-refractivity contribution in [3.8, 4) is 5.75 Å². The van der Waals surface area contributed by atoms with E-state index in [0.717, 1.165) is 10.6 Å². The Labute approximate surface area is 169 Å². The Morgan fingerprint density at radius 3 is 2.66 bits per heavy atom. The molecule has 13 heteroatoms. The van der Waals surface area contributed by atoms with Gasteiger partial charge >= 0.3 is 7.60 Å². The number of methoxy groups -OCH3 is 1. The smallest absolute Gasteiger partial charge is 0.350 e. The third kappa shape index (κ3) is 5.64. The van der Waals surface area contributed by atoms with E-state index in [-0.39, 0.29) is 12.5 Å². The van der Waals surface area contributed by atoms with Crippen LogP contribution in [-0.2, 0) is 15.8 Å². The molecule has 10 nitrogen and oxygen atoms in total. The van der Waals surface area contributed by atoms with Crippen molar-refractivity contribution in [1.82, 2.24) is 19.5 Å². The van der Waals surface area contributed by atoms with Crippen molar-refractivity contribution in [3.05, 3.63) is 30.6 Å². The third-order valence-electron chi connectivity index (χ3n) is 3.77. The summed E-state index contributed by atoms with van der Waals surface area (Å²) in [6.07, 6.45) is -0.515. The summed E-state index contributed by atoms with van der Waals surface area (Å²) in [4.78, 5) is 31.4. The van der Waals surface area contributed by atoms with Crippen LogP contribution in [-0.4, -0.2) is 55.5 Å². The van der Waals surface area contributed by atoms with Crippen LogP contribution in [0.5, 0.6) is 5.75 Å². The number of anilines is 1. The van der Waals surface area contributed by atoms with Crippen LogP contribution in [0.1, 0.15) is 0 Å². The number of aromatic nitrogens is 4. The first-order valence-electron chi connectivity index (χ1n) is 8.31. The number of ether oxygens (including phenoxy) is 2. The Bertz CT molecular complexity index is 1030. The molecule has 1 atom stereocenters. The van der Waals surface area contributed by atoms with Crippen molar-refractivity contribution in [2.75, 3.05) is 25.9 Å². The molecule has 1 aromatic carbocycles. The van der Waals surface area contributed by atoms with Crippen molar-refractivity contribution < 1.29 is 28.2 Å². The number of nitrogen functional groups attached to an aromatic ring is 1. The van der Waals surface area contributed by atoms with Gasteiger partial charge in [0.15, 0.2) is 5.65 Å². The molecule has 29 heavy (non-hydrogen) atoms. The van der Waals surface area contributed by atoms with Gasteiger partial charge in [0.25, 0.3) is 0 Å². The number of nitrogens with zero attached hydrogens (tertiary/aromatic N) is 4. The second-order valence-corrected chi connectivity index (χ2v) is 8.62. The first kappa shape index (κ1) is 21.5. The summed E-state index contributed by atoms with van der Waals surface area (Å²) in [7, 11) is -2.82. The number of hydrogen-bond acceptors (Lipinski definition) is 8. The van der Waals surface area contributed by atoms with E-state index >= 15 is 0 Å². The maximum absolute atomic E-state index is 13.2. The van der Waals surface area contributed by atoms with E-state index in [2.05, 4.69) is 15.0 Å². The largest absolute Gasteiger partial charge is 0.497 e. The molecule has 4 N–H and O–H groups in total. The second-order valence-electron chi connectivity index (χ2n) is 5.97. The van der Waals surface area contributed by atoms with Gasteiger partial charge in [-0.15, -0.1) is 0 Å². The molecule has 0 spiro atoms. The van der Waals surface area contributed by atoms with E-state index in [1.54, 1.807) is 7.11 Å². The zero-order chi connectivity index (χ0) is 21.0. The quantitative estimate of drug-likeness (QED) is 0.332. The lowest BCUT2D eigenvalue weighted by atomic mass is 10.3. The SMILES string of the molecule is COc1ccc(Sc2nc(N)nc3c2ncn3CC(CF)OCP(=O)(O)O)cc1. The predicted octanol–water partition coefficient (Wildman–Crippen LogP) is 2.06. The summed E-state index contributed by atoms with van der Waals surface area (Å²) in [6, 6.07) is 7.35. The van der Waals surface area contributed by atoms with Crippen LogP contribution in [0.2, 0.25) is 0 Å². The lowest BCUT2D eigenvalue weighted by molar-refractivity contribution is 0.0445. The molecular weight excluding hydrogens is 424 g/mol. The Morgan fingerprint density at radius 2 is 2.03 bits per heavy atom. The number of fused-ring (bicyclic) bond motifs is 1. The number of imidazole rings is 1. The fraction of sp³-hybridized carbons (Fsp3) is 0.312. The Hall–Kier alpha value is -2.24. The molecule has 2 aromatic heterocycles. The molecule has 0 radical (unpaired) electrons. The van der Waals surface area contributed by atoms with Crippen molar-refractivity contribution in [2.45, 2.75) is 22.6 Å². The van der Waals surface area contributed by atoms with E-state index in [9.17, 15) is 8.96 Å². The van der Waals surface area contributed by atoms with E-state index < -0.39 is 26.7 Å². The van der Waals surface area contributed by atoms with Crippen LogP contribution in [0.15, 0.2) is 40.5 Å². The molecule has 0 bridgehead atoms. The normalized spacial score (nSPS) is 13.0. The summed E-state index contributed by atoms with van der Waals surface area (Å²) in [5.41, 5.74) is 6.66. The molecule has 3 aromatic rings. The van der Waals surface area contributed by atoms with Crippen LogP contribution >= 0.6 is 19.4 Å². The van der Waals surface area contributed by atoms with Gasteiger partial charge in [-0.3, -0.25) is 4.57 Å². The zero-order valence-corrected chi connectivity index (χ0v) is 17.0. The topological polar surface area (TPSA) is 146 Å². The van der Waals surface area contributed by atoms with E-state index in [0.29, 0.717) is 16.2 Å². The predicted molar refractivity (Wildman–Crippen MR) is 105 cm³/mol. The average molecular weight is 443 g/mol. The number of halogens is 1. The lowest BCUT2D eigenvalue weighted by Gasteiger charge is -2.16. The van der Waals surface area contributed by atoms with Crippen LogP contribution in [0.3, 0.4) is 0 Å². The number of alkyl halides is 1. The summed E-state index contributed by atoms with van der Waals surface area (Å²) in [5, 5.41) is 0.518. The minimum absolute atomic E-state index is 0.0168. The summed E-state index contributed by atoms with van der Waals surface area (Å²) in [5.74, 6) is 0.738. The maximum Gasteiger partial charge on any atom is 0.350 e. The lowest BCUT2D eigenvalue weighted by Crippen LogP contribution is -2.23. The van der Waals surface area contributed by atoms with E-state index in [1.807, 2.05) is 24.3 Å². The minimum Gasteiger partial charge on any atom is -0.497 e. The molecule has 0 amide bonds. The highest BCUT2D eigenvalue weighted by Crippen LogP contribution is 2.35. The van der Waals surface area contributed by atoms with Crippen LogP contribution < -0.4 is 10.5 Å². The number of hydrogen-bond donors (Lipinski definition) is 3. The van der Waals surface area contributed by atoms with Crippen molar-refractivity contribution >= 4 is 36.5 Å². The summed E-state index contributed by atoms with van der Waals surface area (Å²) in [6.45, 7) is -0.982. The fourth-order valence-electron chi connectivity index (χ4n) is 2.46. The molecule has 0 aliphatic rings. The highest BCUT2D eigenvalue weighted by molar-refractivity contribution is 7.99. The Kier molecular flexibility index (Phi) is 6.70. The highest BCUT2D eigenvalue weighted by atomic mass is 32.2. The standard InChI is InChI=1S/C16H19FN5O5PS/c1-26-10-2-4-12(5-3-10)29-15-13-14(20-16(18)21-15)22(8-19-13)7-11(6-17)27-9-28(23,24)25/h2-5,8,11H,6-7,9H2,1H3,(H2,18,20,21)(H2,23,24,25). The summed E-state index contributed by atoms with van der Waals surface area (Å²) >= 11 is 1.33. The molecule has 156 valence electrons. The number of nitrogens with two attached hydrogens (primary N) is 1. The van der Waals surface area contributed by atoms with Crippen LogP contribution in [0.25, 0.3) is 11.2 Å². The Balaban J connectivity index is 1.84. The number of benzene rings is 1. The van der Waals surface area contributed by atoms with Gasteiger partial charge in [0.2, 0.25) is 5.95 Å². The monoisotopic (exact) mass is 443 g/mol. The highest BCUT2D eigenvalue weighted by Gasteiger charge is 2.20. The van der Waals surface area contributed by atoms with E-state index in [1.165, 1.54) is 22.7 Å². The third-order valence-corrected chi connectivity index (χ3v) is 5.25. The van der Waals surface area contributed by atoms with Gasteiger partial charge in [-0.1, -0.05) is 11.8 Å².